The molecule has 1 N–H and O–H groups in total. The van der Waals surface area contributed by atoms with Crippen LogP contribution in [0.15, 0.2) is 48.5 Å². The lowest BCUT2D eigenvalue weighted by Crippen LogP contribution is -2.45. The molecule has 4 rings (SSSR count). The zero-order chi connectivity index (χ0) is 18.1. The first-order valence-corrected chi connectivity index (χ1v) is 10.2. The molecule has 0 bridgehead atoms. The molecule has 2 aliphatic heterocycles. The number of benzene rings is 2. The number of carbonyl (C=O) groups is 1. The van der Waals surface area contributed by atoms with Gasteiger partial charge in [0.15, 0.2) is 0 Å². The van der Waals surface area contributed by atoms with E-state index in [0.717, 1.165) is 23.2 Å². The number of carbonyl (C=O) groups excluding carboxylic acids is 1. The van der Waals surface area contributed by atoms with Crippen LogP contribution in [0.5, 0.6) is 0 Å². The molecule has 0 aromatic heterocycles. The van der Waals surface area contributed by atoms with Crippen molar-refractivity contribution < 1.29 is 13.2 Å². The Labute approximate surface area is 153 Å². The number of nitrogens with zero attached hydrogens (tertiary/aromatic N) is 2. The Kier molecular flexibility index (Phi) is 4.52. The summed E-state index contributed by atoms with van der Waals surface area (Å²) in [7, 11) is -3.57. The second-order valence-corrected chi connectivity index (χ2v) is 8.36. The van der Waals surface area contributed by atoms with E-state index in [2.05, 4.69) is 4.72 Å². The fraction of sp³-hybridized carbons (Fsp3) is 0.316. The van der Waals surface area contributed by atoms with E-state index in [-0.39, 0.29) is 12.5 Å². The van der Waals surface area contributed by atoms with Crippen LogP contribution in [-0.2, 0) is 34.4 Å². The summed E-state index contributed by atoms with van der Waals surface area (Å²) >= 11 is 0. The molecule has 6 nitrogen and oxygen atoms in total. The van der Waals surface area contributed by atoms with E-state index in [1.807, 2.05) is 48.5 Å². The molecule has 0 aliphatic carbocycles. The minimum Gasteiger partial charge on any atom is -0.311 e. The summed E-state index contributed by atoms with van der Waals surface area (Å²) in [5, 5.41) is 0. The fourth-order valence-corrected chi connectivity index (χ4v) is 4.79. The summed E-state index contributed by atoms with van der Waals surface area (Å²) < 4.78 is 29.3. The highest BCUT2D eigenvalue weighted by atomic mass is 32.2. The van der Waals surface area contributed by atoms with E-state index in [1.54, 1.807) is 4.90 Å². The first-order valence-electron chi connectivity index (χ1n) is 8.74. The molecular formula is C19H21N3O3S. The third-order valence-corrected chi connectivity index (χ3v) is 6.54. The SMILES string of the molecule is O=C1Cc2ccccc2N1CCNS(=O)(=O)N1CCc2ccccc2C1. The summed E-state index contributed by atoms with van der Waals surface area (Å²) in [4.78, 5) is 13.8. The van der Waals surface area contributed by atoms with Crippen molar-refractivity contribution >= 4 is 21.8 Å². The van der Waals surface area contributed by atoms with Crippen LogP contribution in [0.25, 0.3) is 0 Å². The Morgan fingerprint density at radius 2 is 1.65 bits per heavy atom. The largest absolute Gasteiger partial charge is 0.311 e. The molecule has 2 aromatic carbocycles. The normalized spacial score (nSPS) is 17.2. The van der Waals surface area contributed by atoms with Gasteiger partial charge in [0, 0.05) is 31.9 Å². The Bertz CT molecular complexity index is 943. The Morgan fingerprint density at radius 1 is 0.962 bits per heavy atom. The summed E-state index contributed by atoms with van der Waals surface area (Å²) in [5.41, 5.74) is 4.13. The number of para-hydroxylation sites is 1. The van der Waals surface area contributed by atoms with Crippen molar-refractivity contribution in [2.75, 3.05) is 24.5 Å². The second kappa shape index (κ2) is 6.83. The molecule has 0 saturated heterocycles. The number of amides is 1. The number of fused-ring (bicyclic) bond motifs is 2. The highest BCUT2D eigenvalue weighted by Gasteiger charge is 2.29. The van der Waals surface area contributed by atoms with Crippen LogP contribution in [0.3, 0.4) is 0 Å². The maximum absolute atomic E-state index is 12.6. The molecule has 0 spiro atoms. The van der Waals surface area contributed by atoms with Gasteiger partial charge in [-0.1, -0.05) is 42.5 Å². The van der Waals surface area contributed by atoms with Crippen LogP contribution in [0.1, 0.15) is 16.7 Å². The number of rotatable bonds is 5. The average Bonchev–Trinajstić information content (AvgIpc) is 2.97. The molecule has 136 valence electrons. The van der Waals surface area contributed by atoms with Gasteiger partial charge in [-0.05, 0) is 29.2 Å². The summed E-state index contributed by atoms with van der Waals surface area (Å²) in [5.74, 6) is 0.0114. The lowest BCUT2D eigenvalue weighted by molar-refractivity contribution is -0.117. The zero-order valence-electron chi connectivity index (χ0n) is 14.4. The lowest BCUT2D eigenvalue weighted by atomic mass is 10.0. The Balaban J connectivity index is 1.38. The summed E-state index contributed by atoms with van der Waals surface area (Å²) in [6, 6.07) is 15.6. The predicted octanol–water partition coefficient (Wildman–Crippen LogP) is 1.47. The molecule has 0 atom stereocenters. The van der Waals surface area contributed by atoms with E-state index in [0.29, 0.717) is 26.1 Å². The minimum absolute atomic E-state index is 0.0114. The van der Waals surface area contributed by atoms with E-state index in [1.165, 1.54) is 9.87 Å². The van der Waals surface area contributed by atoms with Crippen LogP contribution in [0.2, 0.25) is 0 Å². The standard InChI is InChI=1S/C19H21N3O3S/c23-19-13-16-6-3-4-8-18(16)22(19)12-10-20-26(24,25)21-11-9-15-5-1-2-7-17(15)14-21/h1-8,20H,9-14H2. The third-order valence-electron chi connectivity index (χ3n) is 4.98. The number of nitrogens with one attached hydrogen (secondary N) is 1. The van der Waals surface area contributed by atoms with Gasteiger partial charge in [0.05, 0.1) is 6.42 Å². The van der Waals surface area contributed by atoms with Gasteiger partial charge in [-0.15, -0.1) is 0 Å². The van der Waals surface area contributed by atoms with Crippen molar-refractivity contribution in [1.82, 2.24) is 9.03 Å². The molecule has 0 fully saturated rings. The molecule has 0 radical (unpaired) electrons. The van der Waals surface area contributed by atoms with Crippen LogP contribution >= 0.6 is 0 Å². The molecule has 0 unspecified atom stereocenters. The topological polar surface area (TPSA) is 69.7 Å². The van der Waals surface area contributed by atoms with Gasteiger partial charge in [0.1, 0.15) is 0 Å². The van der Waals surface area contributed by atoms with Crippen molar-refractivity contribution in [1.29, 1.82) is 0 Å². The summed E-state index contributed by atoms with van der Waals surface area (Å²) in [6.45, 7) is 1.38. The lowest BCUT2D eigenvalue weighted by Gasteiger charge is -2.28. The van der Waals surface area contributed by atoms with Crippen molar-refractivity contribution in [2.24, 2.45) is 0 Å². The van der Waals surface area contributed by atoms with Gasteiger partial charge in [0.25, 0.3) is 10.2 Å². The first kappa shape index (κ1) is 17.2. The van der Waals surface area contributed by atoms with E-state index < -0.39 is 10.2 Å². The molecule has 1 amide bonds. The van der Waals surface area contributed by atoms with Gasteiger partial charge < -0.3 is 4.90 Å². The van der Waals surface area contributed by atoms with Crippen molar-refractivity contribution in [2.45, 2.75) is 19.4 Å². The second-order valence-electron chi connectivity index (χ2n) is 6.60. The molecule has 2 aromatic rings. The quantitative estimate of drug-likeness (QED) is 0.865. The molecule has 2 aliphatic rings. The van der Waals surface area contributed by atoms with E-state index in [9.17, 15) is 13.2 Å². The maximum Gasteiger partial charge on any atom is 0.279 e. The van der Waals surface area contributed by atoms with Crippen LogP contribution in [-0.4, -0.2) is 38.3 Å². The predicted molar refractivity (Wildman–Crippen MR) is 100.0 cm³/mol. The number of hydrogen-bond donors (Lipinski definition) is 1. The molecule has 2 heterocycles. The van der Waals surface area contributed by atoms with Crippen molar-refractivity contribution in [3.8, 4) is 0 Å². The number of anilines is 1. The third kappa shape index (κ3) is 3.25. The average molecular weight is 371 g/mol. The van der Waals surface area contributed by atoms with Gasteiger partial charge in [-0.2, -0.15) is 12.7 Å². The van der Waals surface area contributed by atoms with Gasteiger partial charge in [0.2, 0.25) is 5.91 Å². The molecule has 0 saturated carbocycles. The minimum atomic E-state index is -3.57. The molecular weight excluding hydrogens is 350 g/mol. The van der Waals surface area contributed by atoms with Gasteiger partial charge in [-0.25, -0.2) is 4.72 Å². The van der Waals surface area contributed by atoms with Crippen molar-refractivity contribution in [3.05, 3.63) is 65.2 Å². The zero-order valence-corrected chi connectivity index (χ0v) is 15.2. The smallest absolute Gasteiger partial charge is 0.279 e. The molecule has 26 heavy (non-hydrogen) atoms. The Morgan fingerprint density at radius 3 is 2.46 bits per heavy atom. The fourth-order valence-electron chi connectivity index (χ4n) is 3.61. The summed E-state index contributed by atoms with van der Waals surface area (Å²) in [6.07, 6.45) is 1.10. The van der Waals surface area contributed by atoms with E-state index >= 15 is 0 Å². The van der Waals surface area contributed by atoms with Crippen LogP contribution in [0, 0.1) is 0 Å². The Hall–Kier alpha value is -2.22. The van der Waals surface area contributed by atoms with E-state index in [4.69, 9.17) is 0 Å². The maximum atomic E-state index is 12.6. The monoisotopic (exact) mass is 371 g/mol. The van der Waals surface area contributed by atoms with Crippen LogP contribution in [0.4, 0.5) is 5.69 Å². The number of hydrogen-bond acceptors (Lipinski definition) is 3. The highest BCUT2D eigenvalue weighted by Crippen LogP contribution is 2.27. The van der Waals surface area contributed by atoms with Crippen LogP contribution < -0.4 is 9.62 Å². The molecule has 7 heteroatoms. The first-order chi connectivity index (χ1) is 12.5. The van der Waals surface area contributed by atoms with Crippen molar-refractivity contribution in [3.63, 3.8) is 0 Å². The highest BCUT2D eigenvalue weighted by molar-refractivity contribution is 7.87. The van der Waals surface area contributed by atoms with Gasteiger partial charge >= 0.3 is 0 Å². The van der Waals surface area contributed by atoms with Gasteiger partial charge in [-0.3, -0.25) is 4.79 Å².